The van der Waals surface area contributed by atoms with Gasteiger partial charge in [0.2, 0.25) is 0 Å². The van der Waals surface area contributed by atoms with E-state index in [1.165, 1.54) is 24.8 Å². The highest BCUT2D eigenvalue weighted by molar-refractivity contribution is 9.10. The van der Waals surface area contributed by atoms with Crippen LogP contribution in [0.1, 0.15) is 52.5 Å². The summed E-state index contributed by atoms with van der Waals surface area (Å²) in [6, 6.07) is 8.77. The topological polar surface area (TPSA) is 15.3 Å². The molecule has 0 bridgehead atoms. The van der Waals surface area contributed by atoms with Crippen molar-refractivity contribution in [2.45, 2.75) is 64.6 Å². The van der Waals surface area contributed by atoms with E-state index in [9.17, 15) is 0 Å². The highest BCUT2D eigenvalue weighted by Crippen LogP contribution is 2.31. The number of nitrogens with zero attached hydrogens (tertiary/aromatic N) is 1. The number of rotatable bonds is 5. The van der Waals surface area contributed by atoms with Crippen molar-refractivity contribution in [1.29, 1.82) is 0 Å². The van der Waals surface area contributed by atoms with Gasteiger partial charge >= 0.3 is 0 Å². The minimum absolute atomic E-state index is 0.251. The summed E-state index contributed by atoms with van der Waals surface area (Å²) < 4.78 is 1.15. The van der Waals surface area contributed by atoms with Gasteiger partial charge in [-0.3, -0.25) is 4.90 Å². The van der Waals surface area contributed by atoms with E-state index < -0.39 is 0 Å². The predicted octanol–water partition coefficient (Wildman–Crippen LogP) is 4.58. The van der Waals surface area contributed by atoms with Crippen LogP contribution < -0.4 is 5.32 Å². The average Bonchev–Trinajstić information content (AvgIpc) is 2.52. The monoisotopic (exact) mass is 352 g/mol. The molecule has 1 aliphatic heterocycles. The summed E-state index contributed by atoms with van der Waals surface area (Å²) in [6.45, 7) is 12.6. The Morgan fingerprint density at radius 2 is 1.71 bits per heavy atom. The molecule has 1 fully saturated rings. The molecule has 1 aromatic rings. The first-order valence-electron chi connectivity index (χ1n) is 8.21. The van der Waals surface area contributed by atoms with Crippen molar-refractivity contribution in [2.75, 3.05) is 13.1 Å². The van der Waals surface area contributed by atoms with Crippen molar-refractivity contribution < 1.29 is 0 Å². The Balaban J connectivity index is 2.20. The fraction of sp³-hybridized carbons (Fsp3) is 0.667. The Bertz CT molecular complexity index is 453. The summed E-state index contributed by atoms with van der Waals surface area (Å²) in [7, 11) is 0. The van der Waals surface area contributed by atoms with E-state index in [-0.39, 0.29) is 11.1 Å². The normalized spacial score (nSPS) is 26.0. The first-order chi connectivity index (χ1) is 9.97. The zero-order valence-corrected chi connectivity index (χ0v) is 15.5. The first-order valence-corrected chi connectivity index (χ1v) is 9.01. The standard InChI is InChI=1S/C18H29BrN2/c1-5-17(4)13-20-18(6-2,7-3)14-21(17)12-15-8-10-16(19)11-9-15/h8-11,20H,5-7,12-14H2,1-4H3. The molecule has 3 heteroatoms. The van der Waals surface area contributed by atoms with Crippen molar-refractivity contribution in [1.82, 2.24) is 10.2 Å². The minimum atomic E-state index is 0.251. The van der Waals surface area contributed by atoms with Gasteiger partial charge in [0.15, 0.2) is 0 Å². The summed E-state index contributed by atoms with van der Waals surface area (Å²) in [4.78, 5) is 2.69. The Morgan fingerprint density at radius 3 is 2.24 bits per heavy atom. The third kappa shape index (κ3) is 3.69. The number of piperazine rings is 1. The molecule has 118 valence electrons. The summed E-state index contributed by atoms with van der Waals surface area (Å²) in [5, 5.41) is 3.85. The van der Waals surface area contributed by atoms with Crippen LogP contribution in [0.5, 0.6) is 0 Å². The summed E-state index contributed by atoms with van der Waals surface area (Å²) in [6.07, 6.45) is 3.57. The van der Waals surface area contributed by atoms with E-state index in [1.54, 1.807) is 0 Å². The van der Waals surface area contributed by atoms with Crippen molar-refractivity contribution in [3.8, 4) is 0 Å². The van der Waals surface area contributed by atoms with Gasteiger partial charge in [0, 0.05) is 35.2 Å². The van der Waals surface area contributed by atoms with Crippen LogP contribution in [-0.2, 0) is 6.54 Å². The van der Waals surface area contributed by atoms with Crippen LogP contribution in [0.4, 0.5) is 0 Å². The maximum atomic E-state index is 3.85. The van der Waals surface area contributed by atoms with Crippen LogP contribution >= 0.6 is 15.9 Å². The average molecular weight is 353 g/mol. The fourth-order valence-corrected chi connectivity index (χ4v) is 3.50. The molecule has 1 heterocycles. The van der Waals surface area contributed by atoms with Crippen LogP contribution in [0.25, 0.3) is 0 Å². The molecule has 0 aromatic heterocycles. The lowest BCUT2D eigenvalue weighted by molar-refractivity contribution is 0.00276. The van der Waals surface area contributed by atoms with Crippen molar-refractivity contribution in [2.24, 2.45) is 0 Å². The van der Waals surface area contributed by atoms with Gasteiger partial charge in [-0.25, -0.2) is 0 Å². The van der Waals surface area contributed by atoms with Crippen LogP contribution in [0.15, 0.2) is 28.7 Å². The van der Waals surface area contributed by atoms with Gasteiger partial charge < -0.3 is 5.32 Å². The molecule has 1 atom stereocenters. The molecular formula is C18H29BrN2. The summed E-state index contributed by atoms with van der Waals surface area (Å²) >= 11 is 3.52. The summed E-state index contributed by atoms with van der Waals surface area (Å²) in [5.41, 5.74) is 1.94. The van der Waals surface area contributed by atoms with E-state index in [1.807, 2.05) is 0 Å². The van der Waals surface area contributed by atoms with Crippen LogP contribution in [-0.4, -0.2) is 29.1 Å². The second-order valence-corrected chi connectivity index (χ2v) is 7.59. The SMILES string of the molecule is CCC1(CC)CN(Cc2ccc(Br)cc2)C(C)(CC)CN1. The smallest absolute Gasteiger partial charge is 0.0307 e. The molecule has 1 unspecified atom stereocenters. The number of halogens is 1. The molecule has 1 aromatic carbocycles. The molecule has 0 amide bonds. The van der Waals surface area contributed by atoms with E-state index in [2.05, 4.69) is 78.1 Å². The zero-order valence-electron chi connectivity index (χ0n) is 13.9. The minimum Gasteiger partial charge on any atom is -0.308 e. The Kier molecular flexibility index (Phi) is 5.50. The number of hydrogen-bond donors (Lipinski definition) is 1. The van der Waals surface area contributed by atoms with Gasteiger partial charge in [0.1, 0.15) is 0 Å². The number of hydrogen-bond acceptors (Lipinski definition) is 2. The molecule has 2 rings (SSSR count). The molecule has 1 saturated heterocycles. The van der Waals surface area contributed by atoms with Gasteiger partial charge in [-0.2, -0.15) is 0 Å². The van der Waals surface area contributed by atoms with Gasteiger partial charge in [-0.15, -0.1) is 0 Å². The Labute approximate surface area is 138 Å². The first kappa shape index (κ1) is 17.0. The third-order valence-corrected chi connectivity index (χ3v) is 6.03. The van der Waals surface area contributed by atoms with Crippen LogP contribution in [0, 0.1) is 0 Å². The highest BCUT2D eigenvalue weighted by Gasteiger charge is 2.42. The molecule has 0 saturated carbocycles. The predicted molar refractivity (Wildman–Crippen MR) is 94.6 cm³/mol. The lowest BCUT2D eigenvalue weighted by Gasteiger charge is -2.53. The fourth-order valence-electron chi connectivity index (χ4n) is 3.23. The van der Waals surface area contributed by atoms with Gasteiger partial charge in [0.25, 0.3) is 0 Å². The van der Waals surface area contributed by atoms with Gasteiger partial charge in [-0.05, 0) is 43.9 Å². The largest absolute Gasteiger partial charge is 0.308 e. The highest BCUT2D eigenvalue weighted by atomic mass is 79.9. The molecule has 2 nitrogen and oxygen atoms in total. The van der Waals surface area contributed by atoms with Crippen molar-refractivity contribution in [3.63, 3.8) is 0 Å². The van der Waals surface area contributed by atoms with E-state index in [0.29, 0.717) is 0 Å². The number of nitrogens with one attached hydrogen (secondary N) is 1. The van der Waals surface area contributed by atoms with Gasteiger partial charge in [0.05, 0.1) is 0 Å². The van der Waals surface area contributed by atoms with E-state index in [0.717, 1.165) is 24.1 Å². The summed E-state index contributed by atoms with van der Waals surface area (Å²) in [5.74, 6) is 0. The molecule has 21 heavy (non-hydrogen) atoms. The molecule has 0 spiro atoms. The second kappa shape index (κ2) is 6.80. The lowest BCUT2D eigenvalue weighted by atomic mass is 9.82. The van der Waals surface area contributed by atoms with E-state index in [4.69, 9.17) is 0 Å². The number of benzene rings is 1. The maximum absolute atomic E-state index is 3.85. The molecule has 1 aliphatic rings. The van der Waals surface area contributed by atoms with Crippen molar-refractivity contribution in [3.05, 3.63) is 34.3 Å². The van der Waals surface area contributed by atoms with Crippen LogP contribution in [0.2, 0.25) is 0 Å². The quantitative estimate of drug-likeness (QED) is 0.833. The lowest BCUT2D eigenvalue weighted by Crippen LogP contribution is -2.68. The molecule has 0 radical (unpaired) electrons. The van der Waals surface area contributed by atoms with Gasteiger partial charge in [-0.1, -0.05) is 48.8 Å². The van der Waals surface area contributed by atoms with Crippen molar-refractivity contribution >= 4 is 15.9 Å². The maximum Gasteiger partial charge on any atom is 0.0307 e. The molecule has 1 N–H and O–H groups in total. The Morgan fingerprint density at radius 1 is 1.10 bits per heavy atom. The zero-order chi connectivity index (χ0) is 15.5. The second-order valence-electron chi connectivity index (χ2n) is 6.67. The van der Waals surface area contributed by atoms with Crippen LogP contribution in [0.3, 0.4) is 0 Å². The Hall–Kier alpha value is -0.380. The van der Waals surface area contributed by atoms with E-state index >= 15 is 0 Å². The molecular weight excluding hydrogens is 324 g/mol. The third-order valence-electron chi connectivity index (χ3n) is 5.50. The molecule has 0 aliphatic carbocycles.